The number of amides is 2. The first-order valence-corrected chi connectivity index (χ1v) is 15.4. The maximum absolute atomic E-state index is 12.6. The number of allylic oxidation sites excluding steroid dienone is 7. The van der Waals surface area contributed by atoms with Crippen LogP contribution in [0.2, 0.25) is 0 Å². The number of unbranched alkanes of at least 4 members (excludes halogenated alkanes) is 4. The number of hydrogen-bond donors (Lipinski definition) is 6. The van der Waals surface area contributed by atoms with E-state index in [1.165, 1.54) is 31.0 Å². The number of nitrogens with two attached hydrogens (primary N) is 1. The molecule has 0 aliphatic heterocycles. The summed E-state index contributed by atoms with van der Waals surface area (Å²) in [5, 5.41) is 31.4. The van der Waals surface area contributed by atoms with Crippen molar-refractivity contribution in [3.63, 3.8) is 0 Å². The molecule has 0 fully saturated rings. The third-order valence-corrected chi connectivity index (χ3v) is 7.23. The average Bonchev–Trinajstić information content (AvgIpc) is 2.94. The lowest BCUT2D eigenvalue weighted by atomic mass is 10.1. The van der Waals surface area contributed by atoms with Crippen molar-refractivity contribution < 1.29 is 39.3 Å². The highest BCUT2D eigenvalue weighted by Crippen LogP contribution is 2.21. The lowest BCUT2D eigenvalue weighted by Crippen LogP contribution is -2.49. The number of hydrogen-bond acceptors (Lipinski definition) is 7. The number of rotatable bonds is 25. The van der Waals surface area contributed by atoms with Crippen LogP contribution in [-0.4, -0.2) is 74.7 Å². The molecule has 42 heavy (non-hydrogen) atoms. The highest BCUT2D eigenvalue weighted by molar-refractivity contribution is 8.00. The van der Waals surface area contributed by atoms with Gasteiger partial charge in [0, 0.05) is 23.8 Å². The zero-order valence-corrected chi connectivity index (χ0v) is 25.2. The van der Waals surface area contributed by atoms with Crippen LogP contribution in [0.15, 0.2) is 48.6 Å². The van der Waals surface area contributed by atoms with Gasteiger partial charge in [-0.3, -0.25) is 24.0 Å². The summed E-state index contributed by atoms with van der Waals surface area (Å²) in [6.07, 6.45) is 23.0. The zero-order valence-electron chi connectivity index (χ0n) is 24.4. The van der Waals surface area contributed by atoms with Crippen LogP contribution in [0.4, 0.5) is 0 Å². The molecule has 7 N–H and O–H groups in total. The molecule has 12 heteroatoms. The van der Waals surface area contributed by atoms with Crippen molar-refractivity contribution in [2.24, 2.45) is 5.73 Å². The first kappa shape index (κ1) is 38.6. The van der Waals surface area contributed by atoms with Gasteiger partial charge in [0.2, 0.25) is 11.8 Å². The fraction of sp³-hybridized carbons (Fsp3) is 0.567. The van der Waals surface area contributed by atoms with Crippen LogP contribution in [-0.2, 0) is 24.0 Å². The van der Waals surface area contributed by atoms with Gasteiger partial charge in [-0.25, -0.2) is 0 Å². The van der Waals surface area contributed by atoms with Crippen molar-refractivity contribution >= 4 is 41.5 Å². The Bertz CT molecular complexity index is 949. The molecule has 0 radical (unpaired) electrons. The second-order valence-corrected chi connectivity index (χ2v) is 10.9. The molecule has 0 aromatic heterocycles. The largest absolute Gasteiger partial charge is 0.481 e. The van der Waals surface area contributed by atoms with E-state index in [4.69, 9.17) is 21.1 Å². The van der Waals surface area contributed by atoms with Crippen LogP contribution in [0.3, 0.4) is 0 Å². The Labute approximate surface area is 252 Å². The molecule has 0 heterocycles. The van der Waals surface area contributed by atoms with Crippen molar-refractivity contribution in [2.45, 2.75) is 94.9 Å². The van der Waals surface area contributed by atoms with Crippen molar-refractivity contribution in [3.05, 3.63) is 48.6 Å². The second kappa shape index (κ2) is 25.3. The number of aliphatic carboxylic acids is 3. The minimum Gasteiger partial charge on any atom is -0.481 e. The summed E-state index contributed by atoms with van der Waals surface area (Å²) < 4.78 is 0. The Morgan fingerprint density at radius 3 is 2.24 bits per heavy atom. The Balaban J connectivity index is 5.20. The van der Waals surface area contributed by atoms with Gasteiger partial charge >= 0.3 is 17.9 Å². The summed E-state index contributed by atoms with van der Waals surface area (Å²) >= 11 is 1.37. The molecule has 0 unspecified atom stereocenters. The van der Waals surface area contributed by atoms with Crippen molar-refractivity contribution in [2.75, 3.05) is 12.3 Å². The summed E-state index contributed by atoms with van der Waals surface area (Å²) in [4.78, 5) is 57.7. The van der Waals surface area contributed by atoms with E-state index in [0.717, 1.165) is 12.8 Å². The Morgan fingerprint density at radius 2 is 1.57 bits per heavy atom. The summed E-state index contributed by atoms with van der Waals surface area (Å²) in [6.45, 7) is 1.56. The summed E-state index contributed by atoms with van der Waals surface area (Å²) in [5.74, 6) is -4.51. The number of carbonyl (C=O) groups is 5. The smallest absolute Gasteiger partial charge is 0.322 e. The average molecular weight is 610 g/mol. The van der Waals surface area contributed by atoms with Gasteiger partial charge in [-0.2, -0.15) is 11.8 Å². The van der Waals surface area contributed by atoms with Crippen LogP contribution in [0, 0.1) is 0 Å². The van der Waals surface area contributed by atoms with Gasteiger partial charge in [0.05, 0.1) is 0 Å². The summed E-state index contributed by atoms with van der Waals surface area (Å²) in [6, 6.07) is -2.29. The van der Waals surface area contributed by atoms with E-state index in [9.17, 15) is 24.0 Å². The molecule has 2 amide bonds. The first-order valence-electron chi connectivity index (χ1n) is 14.3. The second-order valence-electron chi connectivity index (χ2n) is 9.63. The van der Waals surface area contributed by atoms with Gasteiger partial charge in [-0.1, -0.05) is 74.8 Å². The maximum atomic E-state index is 12.6. The molecule has 0 aliphatic rings. The Kier molecular flexibility index (Phi) is 23.3. The van der Waals surface area contributed by atoms with Crippen LogP contribution in [0.5, 0.6) is 0 Å². The molecule has 0 spiro atoms. The molecule has 0 aliphatic carbocycles. The molecule has 3 atom stereocenters. The summed E-state index contributed by atoms with van der Waals surface area (Å²) in [7, 11) is 0. The molecular weight excluding hydrogens is 562 g/mol. The number of carbonyl (C=O) groups excluding carboxylic acids is 2. The van der Waals surface area contributed by atoms with Gasteiger partial charge in [-0.05, 0) is 38.5 Å². The van der Waals surface area contributed by atoms with Crippen LogP contribution in [0.1, 0.15) is 77.6 Å². The molecule has 0 saturated carbocycles. The molecule has 236 valence electrons. The van der Waals surface area contributed by atoms with Gasteiger partial charge in [0.15, 0.2) is 0 Å². The Hall–Kier alpha value is -3.38. The molecule has 0 bridgehead atoms. The lowest BCUT2D eigenvalue weighted by molar-refractivity contribution is -0.139. The standard InChI is InChI=1S/C30H47N3O8S/c1-2-3-4-5-6-7-8-9-10-11-12-13-16-23(17-14-15-18-27(35)36)42-22-25(29(39)32-21-28(37)38)33-26(34)20-19-24(31)30(40)41/h6-7,9-13,16,23-25H,2-5,8,14-15,17-22,31H2,1H3,(H,32,39)(H,33,34)(H,35,36)(H,37,38)(H,40,41)/b7-6-,10-9+,12-11+,16-13+/t23-,24-,25-/m0/s1. The molecule has 0 aromatic rings. The fourth-order valence-corrected chi connectivity index (χ4v) is 4.71. The van der Waals surface area contributed by atoms with Gasteiger partial charge in [0.1, 0.15) is 18.6 Å². The van der Waals surface area contributed by atoms with Crippen molar-refractivity contribution in [1.29, 1.82) is 0 Å². The van der Waals surface area contributed by atoms with Crippen LogP contribution >= 0.6 is 11.8 Å². The lowest BCUT2D eigenvalue weighted by Gasteiger charge is -2.20. The molecule has 11 nitrogen and oxygen atoms in total. The molecular formula is C30H47N3O8S. The van der Waals surface area contributed by atoms with E-state index in [1.54, 1.807) is 0 Å². The number of carboxylic acids is 3. The minimum atomic E-state index is -1.24. The van der Waals surface area contributed by atoms with E-state index in [1.807, 2.05) is 36.5 Å². The van der Waals surface area contributed by atoms with E-state index in [-0.39, 0.29) is 30.3 Å². The van der Waals surface area contributed by atoms with Gasteiger partial charge in [-0.15, -0.1) is 0 Å². The first-order chi connectivity index (χ1) is 20.1. The topological polar surface area (TPSA) is 196 Å². The van der Waals surface area contributed by atoms with E-state index >= 15 is 0 Å². The van der Waals surface area contributed by atoms with E-state index < -0.39 is 48.4 Å². The maximum Gasteiger partial charge on any atom is 0.322 e. The number of thioether (sulfide) groups is 1. The van der Waals surface area contributed by atoms with Gasteiger partial charge < -0.3 is 31.7 Å². The molecule has 0 rings (SSSR count). The summed E-state index contributed by atoms with van der Waals surface area (Å²) in [5.41, 5.74) is 5.44. The zero-order chi connectivity index (χ0) is 31.6. The monoisotopic (exact) mass is 609 g/mol. The third kappa shape index (κ3) is 23.3. The van der Waals surface area contributed by atoms with E-state index in [2.05, 4.69) is 29.7 Å². The van der Waals surface area contributed by atoms with Gasteiger partial charge in [0.25, 0.3) is 0 Å². The van der Waals surface area contributed by atoms with Crippen molar-refractivity contribution in [1.82, 2.24) is 10.6 Å². The van der Waals surface area contributed by atoms with Crippen LogP contribution < -0.4 is 16.4 Å². The fourth-order valence-electron chi connectivity index (χ4n) is 3.50. The number of carboxylic acid groups (broad SMARTS) is 3. The SMILES string of the molecule is CCCCC/C=C\C/C=C/C=C/C=C/[C@@H](CCCCC(=O)O)SC[C@H](NC(=O)CC[C@H](N)C(=O)O)C(=O)NCC(=O)O. The minimum absolute atomic E-state index is 0.0492. The third-order valence-electron chi connectivity index (χ3n) is 5.88. The quantitative estimate of drug-likeness (QED) is 0.0503. The number of nitrogens with one attached hydrogen (secondary N) is 2. The van der Waals surface area contributed by atoms with Crippen LogP contribution in [0.25, 0.3) is 0 Å². The normalized spacial score (nSPS) is 14.0. The van der Waals surface area contributed by atoms with Crippen molar-refractivity contribution in [3.8, 4) is 0 Å². The molecule has 0 saturated heterocycles. The highest BCUT2D eigenvalue weighted by atomic mass is 32.2. The predicted molar refractivity (Wildman–Crippen MR) is 165 cm³/mol. The molecule has 0 aromatic carbocycles. The highest BCUT2D eigenvalue weighted by Gasteiger charge is 2.23. The van der Waals surface area contributed by atoms with E-state index in [0.29, 0.717) is 19.3 Å². The predicted octanol–water partition coefficient (Wildman–Crippen LogP) is 3.81. The Morgan fingerprint density at radius 1 is 0.833 bits per heavy atom.